The van der Waals surface area contributed by atoms with Gasteiger partial charge < -0.3 is 27.6 Å². The van der Waals surface area contributed by atoms with E-state index in [0.717, 1.165) is 0 Å². The van der Waals surface area contributed by atoms with Gasteiger partial charge in [0.2, 0.25) is 0 Å². The summed E-state index contributed by atoms with van der Waals surface area (Å²) in [4.78, 5) is 8.25. The van der Waals surface area contributed by atoms with Crippen molar-refractivity contribution >= 4 is 0 Å². The average Bonchev–Trinajstić information content (AvgIpc) is 0.811. The molecule has 0 spiro atoms. The Hall–Kier alpha value is -0.386. The summed E-state index contributed by atoms with van der Waals surface area (Å²) in [5.41, 5.74) is 0. The van der Waals surface area contributed by atoms with Gasteiger partial charge in [-0.25, -0.2) is 0 Å². The van der Waals surface area contributed by atoms with Crippen LogP contribution in [0.25, 0.3) is 0 Å². The Morgan fingerprint density at radius 3 is 1.14 bits per heavy atom. The van der Waals surface area contributed by atoms with Crippen LogP contribution in [0.4, 0.5) is 0 Å². The van der Waals surface area contributed by atoms with E-state index in [1.165, 1.54) is 0 Å². The Kier molecular flexibility index (Phi) is 76.2. The molecule has 0 aliphatic carbocycles. The number of quaternary nitrogens is 2. The standard InChI is InChI=1S/NO3.2H3N.Ni/c2-1(3)4;;;/h;2*1H3;/q-1;;;+2/p+2. The van der Waals surface area contributed by atoms with Crippen LogP contribution in [0.2, 0.25) is 0 Å². The van der Waals surface area contributed by atoms with Gasteiger partial charge in [-0.15, -0.1) is 0 Å². The molecule has 7 heavy (non-hydrogen) atoms. The quantitative estimate of drug-likeness (QED) is 0.300. The van der Waals surface area contributed by atoms with E-state index in [0.29, 0.717) is 0 Å². The molecule has 0 radical (unpaired) electrons. The van der Waals surface area contributed by atoms with Crippen LogP contribution < -0.4 is 12.3 Å². The Bertz CT molecular complexity index is 33.2. The maximum Gasteiger partial charge on any atom is 2.00 e. The van der Waals surface area contributed by atoms with Gasteiger partial charge in [-0.2, -0.15) is 0 Å². The summed E-state index contributed by atoms with van der Waals surface area (Å²) >= 11 is 0. The van der Waals surface area contributed by atoms with Crippen molar-refractivity contribution in [3.05, 3.63) is 15.3 Å². The Morgan fingerprint density at radius 2 is 1.14 bits per heavy atom. The molecular weight excluding hydrogens is 149 g/mol. The predicted molar refractivity (Wildman–Crippen MR) is 22.3 cm³/mol. The number of hydrogen-bond donors (Lipinski definition) is 2. The molecule has 0 aliphatic heterocycles. The van der Waals surface area contributed by atoms with Gasteiger partial charge in [0.15, 0.2) is 0 Å². The summed E-state index contributed by atoms with van der Waals surface area (Å²) in [5.74, 6) is 0. The third-order valence-electron chi connectivity index (χ3n) is 0. The van der Waals surface area contributed by atoms with Gasteiger partial charge in [-0.3, -0.25) is 0 Å². The zero-order chi connectivity index (χ0) is 3.58. The molecule has 0 aromatic heterocycles. The van der Waals surface area contributed by atoms with Crippen LogP contribution in [0.1, 0.15) is 0 Å². The molecule has 0 saturated carbocycles. The van der Waals surface area contributed by atoms with Gasteiger partial charge >= 0.3 is 16.5 Å². The van der Waals surface area contributed by atoms with E-state index in [4.69, 9.17) is 15.3 Å². The SMILES string of the molecule is O=[N+]([O-])[O-].[NH4+].[NH4+].[Ni+2]. The Morgan fingerprint density at radius 1 is 1.14 bits per heavy atom. The molecule has 0 saturated heterocycles. The molecule has 0 amide bonds. The first kappa shape index (κ1) is 30.5. The van der Waals surface area contributed by atoms with E-state index in [-0.39, 0.29) is 28.8 Å². The monoisotopic (exact) mass is 156 g/mol. The van der Waals surface area contributed by atoms with Crippen molar-refractivity contribution in [1.29, 1.82) is 0 Å². The van der Waals surface area contributed by atoms with Crippen molar-refractivity contribution in [2.45, 2.75) is 0 Å². The molecule has 0 atom stereocenters. The summed E-state index contributed by atoms with van der Waals surface area (Å²) in [5, 5.41) is 14.8. The first-order valence-corrected chi connectivity index (χ1v) is 0.548. The summed E-state index contributed by atoms with van der Waals surface area (Å²) in [6, 6.07) is 0. The van der Waals surface area contributed by atoms with Crippen molar-refractivity contribution in [1.82, 2.24) is 12.3 Å². The predicted octanol–water partition coefficient (Wildman–Crippen LogP) is 0.511. The number of hydrogen-bond acceptors (Lipinski definition) is 3. The van der Waals surface area contributed by atoms with Crippen LogP contribution in [-0.2, 0) is 16.5 Å². The van der Waals surface area contributed by atoms with E-state index in [1.54, 1.807) is 0 Å². The minimum Gasteiger partial charge on any atom is -0.369 e. The van der Waals surface area contributed by atoms with Crippen molar-refractivity contribution in [3.63, 3.8) is 0 Å². The maximum absolute atomic E-state index is 8.25. The van der Waals surface area contributed by atoms with Crippen LogP contribution in [0.5, 0.6) is 0 Å². The minimum absolute atomic E-state index is 0. The third-order valence-corrected chi connectivity index (χ3v) is 0. The molecule has 7 heteroatoms. The van der Waals surface area contributed by atoms with Gasteiger partial charge in [0.25, 0.3) is 0 Å². The average molecular weight is 157 g/mol. The molecule has 0 bridgehead atoms. The molecule has 0 fully saturated rings. The van der Waals surface area contributed by atoms with Crippen LogP contribution >= 0.6 is 0 Å². The van der Waals surface area contributed by atoms with Gasteiger partial charge in [0.1, 0.15) is 0 Å². The molecular formula is H8N3NiO3+3. The van der Waals surface area contributed by atoms with Gasteiger partial charge in [-0.1, -0.05) is 0 Å². The molecule has 8 N–H and O–H groups in total. The van der Waals surface area contributed by atoms with E-state index >= 15 is 0 Å². The third kappa shape index (κ3) is 491. The van der Waals surface area contributed by atoms with E-state index < -0.39 is 5.09 Å². The first-order chi connectivity index (χ1) is 1.73. The minimum atomic E-state index is -1.75. The fourth-order valence-corrected chi connectivity index (χ4v) is 0. The topological polar surface area (TPSA) is 139 Å². The Balaban J connectivity index is -0.0000000150. The summed E-state index contributed by atoms with van der Waals surface area (Å²) in [6.07, 6.45) is 0. The number of nitrogens with zero attached hydrogens (tertiary/aromatic N) is 1. The summed E-state index contributed by atoms with van der Waals surface area (Å²) in [7, 11) is 0. The van der Waals surface area contributed by atoms with Crippen molar-refractivity contribution in [3.8, 4) is 0 Å². The molecule has 48 valence electrons. The normalized spacial score (nSPS) is 3.43. The molecule has 0 heterocycles. The smallest absolute Gasteiger partial charge is 0.369 e. The summed E-state index contributed by atoms with van der Waals surface area (Å²) in [6.45, 7) is 0. The molecule has 0 aromatic carbocycles. The Labute approximate surface area is 50.1 Å². The second kappa shape index (κ2) is 17.5. The van der Waals surface area contributed by atoms with E-state index in [9.17, 15) is 0 Å². The first-order valence-electron chi connectivity index (χ1n) is 0.548. The number of rotatable bonds is 0. The molecule has 0 unspecified atom stereocenters. The molecule has 0 aliphatic rings. The van der Waals surface area contributed by atoms with Crippen molar-refractivity contribution < 1.29 is 21.6 Å². The van der Waals surface area contributed by atoms with Gasteiger partial charge in [0.05, 0.1) is 5.09 Å². The van der Waals surface area contributed by atoms with Crippen LogP contribution in [0.15, 0.2) is 0 Å². The van der Waals surface area contributed by atoms with Crippen LogP contribution in [0.3, 0.4) is 0 Å². The van der Waals surface area contributed by atoms with Gasteiger partial charge in [-0.05, 0) is 0 Å². The zero-order valence-electron chi connectivity index (χ0n) is 3.99. The molecule has 0 rings (SSSR count). The second-order valence-electron chi connectivity index (χ2n) is 0.224. The fraction of sp³-hybridized carbons (Fsp3) is 0. The van der Waals surface area contributed by atoms with Crippen LogP contribution in [0, 0.1) is 15.3 Å². The fourth-order valence-electron chi connectivity index (χ4n) is 0. The van der Waals surface area contributed by atoms with Crippen molar-refractivity contribution in [2.24, 2.45) is 0 Å². The van der Waals surface area contributed by atoms with Crippen LogP contribution in [-0.4, -0.2) is 5.09 Å². The molecule has 0 aromatic rings. The zero-order valence-corrected chi connectivity index (χ0v) is 4.98. The maximum atomic E-state index is 8.25. The van der Waals surface area contributed by atoms with E-state index in [2.05, 4.69) is 0 Å². The largest absolute Gasteiger partial charge is 2.00 e. The van der Waals surface area contributed by atoms with Crippen molar-refractivity contribution in [2.75, 3.05) is 0 Å². The second-order valence-corrected chi connectivity index (χ2v) is 0.224. The molecule has 6 nitrogen and oxygen atoms in total. The van der Waals surface area contributed by atoms with Gasteiger partial charge in [0, 0.05) is 0 Å². The van der Waals surface area contributed by atoms with E-state index in [1.807, 2.05) is 0 Å². The summed E-state index contributed by atoms with van der Waals surface area (Å²) < 4.78 is 0.